The molecule has 1 heterocycles. The molecular formula is C59H37N3. The zero-order chi connectivity index (χ0) is 41.4. The van der Waals surface area contributed by atoms with Crippen molar-refractivity contribution in [2.24, 2.45) is 0 Å². The highest BCUT2D eigenvalue weighted by molar-refractivity contribution is 6.27. The van der Waals surface area contributed by atoms with Crippen molar-refractivity contribution in [3.8, 4) is 78.4 Å². The molecule has 10 aromatic carbocycles. The second-order valence-corrected chi connectivity index (χ2v) is 15.6. The minimum Gasteiger partial charge on any atom is -0.238 e. The molecule has 0 aliphatic carbocycles. The fraction of sp³-hybridized carbons (Fsp3) is 0. The molecule has 0 saturated heterocycles. The number of fused-ring (bicyclic) bond motifs is 4. The average Bonchev–Trinajstić information content (AvgIpc) is 3.36. The first kappa shape index (κ1) is 36.6. The number of rotatable bonds is 7. The summed E-state index contributed by atoms with van der Waals surface area (Å²) < 4.78 is 0. The van der Waals surface area contributed by atoms with E-state index >= 15 is 0 Å². The zero-order valence-corrected chi connectivity index (χ0v) is 33.7. The van der Waals surface area contributed by atoms with E-state index in [1.54, 1.807) is 0 Å². The molecule has 0 fully saturated rings. The van der Waals surface area contributed by atoms with Gasteiger partial charge in [0.1, 0.15) is 0 Å². The van der Waals surface area contributed by atoms with E-state index in [0.29, 0.717) is 11.5 Å². The molecule has 3 nitrogen and oxygen atoms in total. The van der Waals surface area contributed by atoms with Gasteiger partial charge in [0.15, 0.2) is 11.5 Å². The third-order valence-electron chi connectivity index (χ3n) is 11.9. The van der Waals surface area contributed by atoms with Crippen molar-refractivity contribution >= 4 is 38.0 Å². The van der Waals surface area contributed by atoms with E-state index < -0.39 is 0 Å². The van der Waals surface area contributed by atoms with Crippen molar-refractivity contribution in [3.05, 3.63) is 236 Å². The van der Waals surface area contributed by atoms with E-state index in [1.165, 1.54) is 54.6 Å². The van der Waals surface area contributed by atoms with E-state index in [9.17, 15) is 0 Å². The van der Waals surface area contributed by atoms with E-state index in [-0.39, 0.29) is 0 Å². The van der Waals surface area contributed by atoms with Crippen LogP contribution in [-0.2, 0) is 0 Å². The molecule has 0 bridgehead atoms. The van der Waals surface area contributed by atoms with Gasteiger partial charge in [-0.2, -0.15) is 0 Å². The van der Waals surface area contributed by atoms with Crippen LogP contribution in [0, 0.1) is 6.57 Å². The van der Waals surface area contributed by atoms with E-state index in [0.717, 1.165) is 50.3 Å². The monoisotopic (exact) mass is 787 g/mol. The highest BCUT2D eigenvalue weighted by Crippen LogP contribution is 2.46. The van der Waals surface area contributed by atoms with Gasteiger partial charge in [0.25, 0.3) is 0 Å². The Kier molecular flexibility index (Phi) is 9.23. The molecule has 0 aliphatic rings. The van der Waals surface area contributed by atoms with Crippen LogP contribution < -0.4 is 0 Å². The number of aromatic nitrogens is 2. The normalized spacial score (nSPS) is 11.2. The summed E-state index contributed by atoms with van der Waals surface area (Å²) in [6, 6.07) is 79.1. The lowest BCUT2D eigenvalue weighted by molar-refractivity contribution is 1.18. The Morgan fingerprint density at radius 1 is 0.306 bits per heavy atom. The molecule has 0 aliphatic heterocycles. The van der Waals surface area contributed by atoms with Gasteiger partial charge in [-0.1, -0.05) is 212 Å². The smallest absolute Gasteiger partial charge is 0.187 e. The van der Waals surface area contributed by atoms with Crippen LogP contribution in [0.15, 0.2) is 224 Å². The lowest BCUT2D eigenvalue weighted by atomic mass is 9.84. The minimum absolute atomic E-state index is 0.627. The Balaban J connectivity index is 0.972. The van der Waals surface area contributed by atoms with E-state index in [2.05, 4.69) is 187 Å². The molecule has 0 radical (unpaired) electrons. The lowest BCUT2D eigenvalue weighted by Gasteiger charge is -2.19. The maximum atomic E-state index is 7.34. The van der Waals surface area contributed by atoms with Gasteiger partial charge in [0.05, 0.1) is 18.0 Å². The highest BCUT2D eigenvalue weighted by atomic mass is 14.9. The molecule has 11 rings (SSSR count). The number of hydrogen-bond acceptors (Lipinski definition) is 2. The summed E-state index contributed by atoms with van der Waals surface area (Å²) in [6.07, 6.45) is 0. The standard InChI is InChI=1S/C59H37N3/c1-60-49-34-31-41(32-35-49)47-18-12-19-48(37-47)55-38-54(61-59(62-55)46-16-6-3-7-17-46)43-27-23-39(24-28-43)40-25-29-45(30-26-40)56-51-21-10-11-22-52(51)57(44-14-4-2-5-15-44)58-50-20-9-8-13-42(50)33-36-53(56)58/h2-38H. The minimum atomic E-state index is 0.627. The number of nitrogens with zero attached hydrogens (tertiary/aromatic N) is 3. The van der Waals surface area contributed by atoms with Crippen LogP contribution in [0.1, 0.15) is 0 Å². The van der Waals surface area contributed by atoms with Crippen molar-refractivity contribution in [3.63, 3.8) is 0 Å². The topological polar surface area (TPSA) is 30.1 Å². The van der Waals surface area contributed by atoms with E-state index in [1.807, 2.05) is 42.5 Å². The largest absolute Gasteiger partial charge is 0.238 e. The van der Waals surface area contributed by atoms with Crippen LogP contribution in [0.5, 0.6) is 0 Å². The maximum Gasteiger partial charge on any atom is 0.187 e. The van der Waals surface area contributed by atoms with Crippen LogP contribution in [0.2, 0.25) is 0 Å². The van der Waals surface area contributed by atoms with Gasteiger partial charge in [-0.05, 0) is 89.0 Å². The Bertz CT molecular complexity index is 3480. The first-order chi connectivity index (χ1) is 30.7. The molecule has 11 aromatic rings. The summed E-state index contributed by atoms with van der Waals surface area (Å²) in [6.45, 7) is 7.34. The zero-order valence-electron chi connectivity index (χ0n) is 33.7. The van der Waals surface area contributed by atoms with Crippen molar-refractivity contribution < 1.29 is 0 Å². The van der Waals surface area contributed by atoms with Gasteiger partial charge in [-0.15, -0.1) is 0 Å². The van der Waals surface area contributed by atoms with Crippen molar-refractivity contribution in [2.75, 3.05) is 0 Å². The average molecular weight is 788 g/mol. The second kappa shape index (κ2) is 15.6. The van der Waals surface area contributed by atoms with Gasteiger partial charge >= 0.3 is 0 Å². The summed E-state index contributed by atoms with van der Waals surface area (Å²) in [5.41, 5.74) is 14.6. The summed E-state index contributed by atoms with van der Waals surface area (Å²) in [7, 11) is 0. The van der Waals surface area contributed by atoms with E-state index in [4.69, 9.17) is 16.5 Å². The van der Waals surface area contributed by atoms with Crippen molar-refractivity contribution in [1.82, 2.24) is 9.97 Å². The molecular weight excluding hydrogens is 751 g/mol. The molecule has 3 heteroatoms. The van der Waals surface area contributed by atoms with Crippen molar-refractivity contribution in [2.45, 2.75) is 0 Å². The summed E-state index contributed by atoms with van der Waals surface area (Å²) in [4.78, 5) is 13.7. The van der Waals surface area contributed by atoms with Gasteiger partial charge in [-0.3, -0.25) is 0 Å². The Morgan fingerprint density at radius 3 is 1.47 bits per heavy atom. The van der Waals surface area contributed by atoms with Gasteiger partial charge in [0.2, 0.25) is 0 Å². The van der Waals surface area contributed by atoms with Gasteiger partial charge in [0, 0.05) is 16.7 Å². The Labute approximate surface area is 360 Å². The molecule has 0 atom stereocenters. The van der Waals surface area contributed by atoms with Crippen LogP contribution >= 0.6 is 0 Å². The lowest BCUT2D eigenvalue weighted by Crippen LogP contribution is -1.96. The molecule has 288 valence electrons. The second-order valence-electron chi connectivity index (χ2n) is 15.6. The first-order valence-electron chi connectivity index (χ1n) is 20.8. The van der Waals surface area contributed by atoms with Crippen LogP contribution in [0.3, 0.4) is 0 Å². The molecule has 0 N–H and O–H groups in total. The molecule has 1 aromatic heterocycles. The molecule has 0 amide bonds. The third-order valence-corrected chi connectivity index (χ3v) is 11.9. The maximum absolute atomic E-state index is 7.34. The third kappa shape index (κ3) is 6.67. The predicted octanol–water partition coefficient (Wildman–Crippen LogP) is 16.2. The van der Waals surface area contributed by atoms with Crippen LogP contribution in [0.4, 0.5) is 5.69 Å². The molecule has 0 saturated carbocycles. The Morgan fingerprint density at radius 2 is 0.790 bits per heavy atom. The summed E-state index contributed by atoms with van der Waals surface area (Å²) >= 11 is 0. The SMILES string of the molecule is [C-]#[N+]c1ccc(-c2cccc(-c3cc(-c4ccc(-c5ccc(-c6c7ccccc7c(-c7ccccc7)c7c6ccc6ccccc67)cc5)cc4)nc(-c4ccccc4)n3)c2)cc1. The van der Waals surface area contributed by atoms with Gasteiger partial charge < -0.3 is 0 Å². The summed E-state index contributed by atoms with van der Waals surface area (Å²) in [5, 5.41) is 7.52. The molecule has 0 spiro atoms. The van der Waals surface area contributed by atoms with Gasteiger partial charge in [-0.25, -0.2) is 14.8 Å². The number of benzene rings is 10. The fourth-order valence-electron chi connectivity index (χ4n) is 8.87. The molecule has 62 heavy (non-hydrogen) atoms. The Hall–Kier alpha value is -8.45. The highest BCUT2D eigenvalue weighted by Gasteiger charge is 2.19. The summed E-state index contributed by atoms with van der Waals surface area (Å²) in [5.74, 6) is 0.675. The van der Waals surface area contributed by atoms with Crippen LogP contribution in [0.25, 0.3) is 116 Å². The first-order valence-corrected chi connectivity index (χ1v) is 20.8. The predicted molar refractivity (Wildman–Crippen MR) is 259 cm³/mol. The molecule has 0 unspecified atom stereocenters. The van der Waals surface area contributed by atoms with Crippen molar-refractivity contribution in [1.29, 1.82) is 0 Å². The quantitative estimate of drug-likeness (QED) is 0.0915. The number of hydrogen-bond donors (Lipinski definition) is 0. The van der Waals surface area contributed by atoms with Crippen LogP contribution in [-0.4, -0.2) is 9.97 Å². The fourth-order valence-corrected chi connectivity index (χ4v) is 8.87.